The summed E-state index contributed by atoms with van der Waals surface area (Å²) in [6.07, 6.45) is 3.04. The van der Waals surface area contributed by atoms with E-state index < -0.39 is 10.0 Å². The van der Waals surface area contributed by atoms with Crippen molar-refractivity contribution in [3.63, 3.8) is 0 Å². The lowest BCUT2D eigenvalue weighted by molar-refractivity contribution is 0.406. The van der Waals surface area contributed by atoms with Gasteiger partial charge in [-0.25, -0.2) is 8.42 Å². The number of nitrogens with zero attached hydrogens (tertiary/aromatic N) is 1. The first-order chi connectivity index (χ1) is 11.1. The lowest BCUT2D eigenvalue weighted by Crippen LogP contribution is -2.34. The maximum absolute atomic E-state index is 13.0. The third-order valence-corrected chi connectivity index (χ3v) is 6.44. The van der Waals surface area contributed by atoms with Gasteiger partial charge in [0.05, 0.1) is 4.90 Å². The van der Waals surface area contributed by atoms with E-state index in [1.807, 2.05) is 37.3 Å². The fourth-order valence-electron chi connectivity index (χ4n) is 3.18. The average Bonchev–Trinajstić information content (AvgIpc) is 2.83. The van der Waals surface area contributed by atoms with Crippen molar-refractivity contribution >= 4 is 10.0 Å². The lowest BCUT2D eigenvalue weighted by atomic mass is 9.95. The van der Waals surface area contributed by atoms with Gasteiger partial charge in [0.25, 0.3) is 0 Å². The van der Waals surface area contributed by atoms with E-state index in [0.29, 0.717) is 18.0 Å². The van der Waals surface area contributed by atoms with Crippen molar-refractivity contribution in [3.8, 4) is 0 Å². The van der Waals surface area contributed by atoms with Gasteiger partial charge in [0.1, 0.15) is 0 Å². The van der Waals surface area contributed by atoms with Crippen molar-refractivity contribution in [1.82, 2.24) is 4.31 Å². The molecule has 0 aliphatic carbocycles. The van der Waals surface area contributed by atoms with E-state index in [0.717, 1.165) is 24.8 Å². The Morgan fingerprint density at radius 2 is 1.65 bits per heavy atom. The van der Waals surface area contributed by atoms with Crippen LogP contribution in [0.2, 0.25) is 0 Å². The molecule has 1 atom stereocenters. The maximum Gasteiger partial charge on any atom is 0.243 e. The van der Waals surface area contributed by atoms with E-state index in [1.165, 1.54) is 5.56 Å². The van der Waals surface area contributed by atoms with Gasteiger partial charge in [0.15, 0.2) is 0 Å². The van der Waals surface area contributed by atoms with E-state index in [9.17, 15) is 8.42 Å². The highest BCUT2D eigenvalue weighted by Gasteiger charge is 2.29. The summed E-state index contributed by atoms with van der Waals surface area (Å²) in [6, 6.07) is 17.4. The fourth-order valence-corrected chi connectivity index (χ4v) is 4.71. The Balaban J connectivity index is 1.87. The molecule has 1 saturated heterocycles. The normalized spacial score (nSPS) is 20.1. The smallest absolute Gasteiger partial charge is 0.207 e. The predicted octanol–water partition coefficient (Wildman–Crippen LogP) is 3.95. The van der Waals surface area contributed by atoms with Crippen molar-refractivity contribution < 1.29 is 8.42 Å². The molecule has 122 valence electrons. The van der Waals surface area contributed by atoms with Gasteiger partial charge in [-0.2, -0.15) is 4.31 Å². The van der Waals surface area contributed by atoms with E-state index in [-0.39, 0.29) is 5.92 Å². The summed E-state index contributed by atoms with van der Waals surface area (Å²) in [5.41, 5.74) is 2.31. The number of rotatable bonds is 3. The van der Waals surface area contributed by atoms with Gasteiger partial charge in [-0.3, -0.25) is 0 Å². The van der Waals surface area contributed by atoms with Crippen LogP contribution in [0.4, 0.5) is 0 Å². The van der Waals surface area contributed by atoms with Gasteiger partial charge in [-0.15, -0.1) is 0 Å². The summed E-state index contributed by atoms with van der Waals surface area (Å²) in [6.45, 7) is 3.15. The molecule has 0 spiro atoms. The van der Waals surface area contributed by atoms with Crippen molar-refractivity contribution in [3.05, 3.63) is 65.7 Å². The zero-order chi connectivity index (χ0) is 16.3. The molecule has 0 bridgehead atoms. The van der Waals surface area contributed by atoms with Crippen molar-refractivity contribution in [2.24, 2.45) is 0 Å². The molecule has 1 unspecified atom stereocenters. The van der Waals surface area contributed by atoms with E-state index >= 15 is 0 Å². The quantitative estimate of drug-likeness (QED) is 0.855. The number of hydrogen-bond acceptors (Lipinski definition) is 2. The first-order valence-corrected chi connectivity index (χ1v) is 9.63. The van der Waals surface area contributed by atoms with E-state index in [2.05, 4.69) is 12.1 Å². The molecule has 2 aromatic rings. The minimum atomic E-state index is -3.41. The highest BCUT2D eigenvalue weighted by atomic mass is 32.2. The molecule has 1 fully saturated rings. The van der Waals surface area contributed by atoms with Gasteiger partial charge >= 0.3 is 0 Å². The molecule has 1 aliphatic heterocycles. The van der Waals surface area contributed by atoms with Crippen LogP contribution in [-0.4, -0.2) is 25.8 Å². The van der Waals surface area contributed by atoms with Crippen molar-refractivity contribution in [2.75, 3.05) is 13.1 Å². The van der Waals surface area contributed by atoms with Crippen LogP contribution in [0, 0.1) is 6.92 Å². The molecule has 0 saturated carbocycles. The molecular formula is C19H23NO2S. The summed E-state index contributed by atoms with van der Waals surface area (Å²) in [5.74, 6) is 0.277. The van der Waals surface area contributed by atoms with Crippen molar-refractivity contribution in [2.45, 2.75) is 37.0 Å². The predicted molar refractivity (Wildman–Crippen MR) is 93.0 cm³/mol. The molecule has 0 amide bonds. The Morgan fingerprint density at radius 3 is 2.35 bits per heavy atom. The standard InChI is InChI=1S/C19H23NO2S/c1-16-10-12-19(13-11-16)23(21,22)20-14-6-5-9-18(15-20)17-7-3-2-4-8-17/h2-4,7-8,10-13,18H,5-6,9,14-15H2,1H3. The van der Waals surface area contributed by atoms with Gasteiger partial charge in [0.2, 0.25) is 10.0 Å². The maximum atomic E-state index is 13.0. The zero-order valence-electron chi connectivity index (χ0n) is 13.5. The van der Waals surface area contributed by atoms with Crippen LogP contribution in [0.15, 0.2) is 59.5 Å². The Labute approximate surface area is 139 Å². The molecular weight excluding hydrogens is 306 g/mol. The number of benzene rings is 2. The number of sulfonamides is 1. The van der Waals surface area contributed by atoms with Crippen LogP contribution in [0.5, 0.6) is 0 Å². The lowest BCUT2D eigenvalue weighted by Gasteiger charge is -2.24. The van der Waals surface area contributed by atoms with Gasteiger partial charge in [0, 0.05) is 13.1 Å². The summed E-state index contributed by atoms with van der Waals surface area (Å²) < 4.78 is 27.6. The highest BCUT2D eigenvalue weighted by molar-refractivity contribution is 7.89. The number of hydrogen-bond donors (Lipinski definition) is 0. The van der Waals surface area contributed by atoms with Gasteiger partial charge in [-0.1, -0.05) is 54.4 Å². The Hall–Kier alpha value is -1.65. The molecule has 4 heteroatoms. The number of aryl methyl sites for hydroxylation is 1. The van der Waals surface area contributed by atoms with E-state index in [1.54, 1.807) is 16.4 Å². The SMILES string of the molecule is Cc1ccc(S(=O)(=O)N2CCCCC(c3ccccc3)C2)cc1. The fraction of sp³-hybridized carbons (Fsp3) is 0.368. The van der Waals surface area contributed by atoms with Crippen LogP contribution in [0.3, 0.4) is 0 Å². The Morgan fingerprint density at radius 1 is 0.957 bits per heavy atom. The molecule has 3 nitrogen and oxygen atoms in total. The van der Waals surface area contributed by atoms with Crippen molar-refractivity contribution in [1.29, 1.82) is 0 Å². The molecule has 0 radical (unpaired) electrons. The monoisotopic (exact) mass is 329 g/mol. The topological polar surface area (TPSA) is 37.4 Å². The molecule has 0 N–H and O–H groups in total. The molecule has 1 heterocycles. The van der Waals surface area contributed by atoms with Crippen LogP contribution in [-0.2, 0) is 10.0 Å². The molecule has 1 aliphatic rings. The first-order valence-electron chi connectivity index (χ1n) is 8.19. The van der Waals surface area contributed by atoms with Gasteiger partial charge < -0.3 is 0 Å². The third-order valence-electron chi connectivity index (χ3n) is 4.56. The summed E-state index contributed by atoms with van der Waals surface area (Å²) in [4.78, 5) is 0.400. The zero-order valence-corrected chi connectivity index (χ0v) is 14.3. The minimum Gasteiger partial charge on any atom is -0.207 e. The highest BCUT2D eigenvalue weighted by Crippen LogP contribution is 2.29. The molecule has 3 rings (SSSR count). The largest absolute Gasteiger partial charge is 0.243 e. The molecule has 23 heavy (non-hydrogen) atoms. The summed E-state index contributed by atoms with van der Waals surface area (Å²) in [7, 11) is -3.41. The average molecular weight is 329 g/mol. The molecule has 0 aromatic heterocycles. The van der Waals surface area contributed by atoms with Gasteiger partial charge in [-0.05, 0) is 43.4 Å². The Bertz CT molecular complexity index is 739. The molecule has 2 aromatic carbocycles. The first kappa shape index (κ1) is 16.2. The minimum absolute atomic E-state index is 0.277. The second-order valence-electron chi connectivity index (χ2n) is 6.28. The van der Waals surface area contributed by atoms with Crippen LogP contribution >= 0.6 is 0 Å². The summed E-state index contributed by atoms with van der Waals surface area (Å²) >= 11 is 0. The van der Waals surface area contributed by atoms with Crippen LogP contribution in [0.1, 0.15) is 36.3 Å². The van der Waals surface area contributed by atoms with Crippen LogP contribution in [0.25, 0.3) is 0 Å². The second-order valence-corrected chi connectivity index (χ2v) is 8.22. The second kappa shape index (κ2) is 6.85. The van der Waals surface area contributed by atoms with E-state index in [4.69, 9.17) is 0 Å². The summed E-state index contributed by atoms with van der Waals surface area (Å²) in [5, 5.41) is 0. The van der Waals surface area contributed by atoms with Crippen LogP contribution < -0.4 is 0 Å². The third kappa shape index (κ3) is 3.65. The Kier molecular flexibility index (Phi) is 4.83.